The predicted molar refractivity (Wildman–Crippen MR) is 111 cm³/mol. The van der Waals surface area contributed by atoms with Crippen LogP contribution in [0.15, 0.2) is 47.2 Å². The highest BCUT2D eigenvalue weighted by Crippen LogP contribution is 2.36. The fourth-order valence-corrected chi connectivity index (χ4v) is 3.60. The van der Waals surface area contributed by atoms with E-state index in [1.807, 2.05) is 24.4 Å². The summed E-state index contributed by atoms with van der Waals surface area (Å²) in [5, 5.41) is 4.72. The molecule has 0 saturated heterocycles. The predicted octanol–water partition coefficient (Wildman–Crippen LogP) is 4.62. The first-order chi connectivity index (χ1) is 12.6. The second-order valence-electron chi connectivity index (χ2n) is 6.43. The lowest BCUT2D eigenvalue weighted by molar-refractivity contribution is 0.211. The number of benzene rings is 1. The number of rotatable bonds is 7. The third kappa shape index (κ3) is 4.07. The van der Waals surface area contributed by atoms with Crippen LogP contribution in [0.2, 0.25) is 0 Å². The molecular formula is C20H25N3O2S. The summed E-state index contributed by atoms with van der Waals surface area (Å²) in [7, 11) is 3.52. The van der Waals surface area contributed by atoms with Crippen LogP contribution >= 0.6 is 11.9 Å². The standard InChI is InChI=1S/C20H25N3O2S/c1-4-26-22-15-9-10-19(25-16-7-5-6-8-16)17(12-15)14-11-18(21-2)20(24)23(3)13-14/h4,9-13,16,21-22H,1,5-8H2,2-3H3. The third-order valence-electron chi connectivity index (χ3n) is 4.60. The molecule has 2 aromatic rings. The Morgan fingerprint density at radius 3 is 2.77 bits per heavy atom. The fraction of sp³-hybridized carbons (Fsp3) is 0.350. The van der Waals surface area contributed by atoms with E-state index in [2.05, 4.69) is 22.7 Å². The Labute approximate surface area is 158 Å². The Morgan fingerprint density at radius 2 is 2.08 bits per heavy atom. The van der Waals surface area contributed by atoms with E-state index in [9.17, 15) is 4.79 Å². The van der Waals surface area contributed by atoms with Crippen molar-refractivity contribution in [3.63, 3.8) is 0 Å². The Bertz CT molecular complexity index is 841. The van der Waals surface area contributed by atoms with Gasteiger partial charge in [0, 0.05) is 37.1 Å². The number of anilines is 2. The van der Waals surface area contributed by atoms with Gasteiger partial charge in [0.25, 0.3) is 5.56 Å². The van der Waals surface area contributed by atoms with E-state index in [-0.39, 0.29) is 11.7 Å². The van der Waals surface area contributed by atoms with E-state index in [4.69, 9.17) is 4.74 Å². The van der Waals surface area contributed by atoms with Gasteiger partial charge in [-0.1, -0.05) is 6.58 Å². The summed E-state index contributed by atoms with van der Waals surface area (Å²) in [4.78, 5) is 12.2. The zero-order valence-electron chi connectivity index (χ0n) is 15.2. The highest BCUT2D eigenvalue weighted by Gasteiger charge is 2.19. The Balaban J connectivity index is 2.04. The van der Waals surface area contributed by atoms with Gasteiger partial charge in [-0.3, -0.25) is 4.79 Å². The van der Waals surface area contributed by atoms with Crippen LogP contribution in [0.1, 0.15) is 25.7 Å². The van der Waals surface area contributed by atoms with Gasteiger partial charge in [0.15, 0.2) is 0 Å². The van der Waals surface area contributed by atoms with Crippen LogP contribution < -0.4 is 20.3 Å². The molecule has 1 aromatic heterocycles. The van der Waals surface area contributed by atoms with Crippen molar-refractivity contribution in [3.8, 4) is 16.9 Å². The van der Waals surface area contributed by atoms with Crippen molar-refractivity contribution in [1.82, 2.24) is 4.57 Å². The van der Waals surface area contributed by atoms with Gasteiger partial charge in [-0.15, -0.1) is 0 Å². The first kappa shape index (κ1) is 18.5. The first-order valence-corrected chi connectivity index (χ1v) is 9.72. The molecule has 1 heterocycles. The summed E-state index contributed by atoms with van der Waals surface area (Å²) >= 11 is 1.42. The van der Waals surface area contributed by atoms with Crippen LogP contribution in [0.4, 0.5) is 11.4 Å². The third-order valence-corrected chi connectivity index (χ3v) is 5.12. The van der Waals surface area contributed by atoms with Crippen LogP contribution in [-0.2, 0) is 7.05 Å². The molecule has 1 saturated carbocycles. The van der Waals surface area contributed by atoms with E-state index in [1.165, 1.54) is 24.8 Å². The topological polar surface area (TPSA) is 55.3 Å². The Morgan fingerprint density at radius 1 is 1.31 bits per heavy atom. The van der Waals surface area contributed by atoms with Crippen molar-refractivity contribution in [1.29, 1.82) is 0 Å². The molecule has 1 aromatic carbocycles. The molecule has 0 unspecified atom stereocenters. The normalized spacial score (nSPS) is 14.2. The molecule has 3 rings (SSSR count). The molecule has 1 aliphatic carbocycles. The van der Waals surface area contributed by atoms with Crippen molar-refractivity contribution in [2.24, 2.45) is 7.05 Å². The van der Waals surface area contributed by atoms with Gasteiger partial charge in [0.2, 0.25) is 0 Å². The van der Waals surface area contributed by atoms with E-state index in [0.717, 1.165) is 35.4 Å². The lowest BCUT2D eigenvalue weighted by atomic mass is 10.0. The van der Waals surface area contributed by atoms with Crippen molar-refractivity contribution in [2.45, 2.75) is 31.8 Å². The molecule has 0 atom stereocenters. The van der Waals surface area contributed by atoms with E-state index >= 15 is 0 Å². The van der Waals surface area contributed by atoms with Crippen LogP contribution in [0.25, 0.3) is 11.1 Å². The molecule has 2 N–H and O–H groups in total. The molecule has 0 aliphatic heterocycles. The van der Waals surface area contributed by atoms with Crippen molar-refractivity contribution < 1.29 is 4.74 Å². The van der Waals surface area contributed by atoms with Gasteiger partial charge < -0.3 is 19.3 Å². The van der Waals surface area contributed by atoms with Gasteiger partial charge in [-0.05, 0) is 67.3 Å². The lowest BCUT2D eigenvalue weighted by Crippen LogP contribution is -2.19. The summed E-state index contributed by atoms with van der Waals surface area (Å²) in [6.45, 7) is 3.72. The first-order valence-electron chi connectivity index (χ1n) is 8.84. The SMILES string of the molecule is C=CSNc1ccc(OC2CCCC2)c(-c2cc(NC)c(=O)n(C)c2)c1. The number of hydrogen-bond donors (Lipinski definition) is 2. The lowest BCUT2D eigenvalue weighted by Gasteiger charge is -2.18. The average Bonchev–Trinajstić information content (AvgIpc) is 3.16. The van der Waals surface area contributed by atoms with Crippen LogP contribution in [0.5, 0.6) is 5.75 Å². The molecule has 0 radical (unpaired) electrons. The van der Waals surface area contributed by atoms with Gasteiger partial charge in [0.1, 0.15) is 11.4 Å². The number of ether oxygens (including phenoxy) is 1. The van der Waals surface area contributed by atoms with Crippen LogP contribution in [0.3, 0.4) is 0 Å². The fourth-order valence-electron chi connectivity index (χ4n) is 3.26. The van der Waals surface area contributed by atoms with Crippen molar-refractivity contribution in [2.75, 3.05) is 17.1 Å². The second-order valence-corrected chi connectivity index (χ2v) is 7.20. The zero-order chi connectivity index (χ0) is 18.5. The molecule has 26 heavy (non-hydrogen) atoms. The van der Waals surface area contributed by atoms with Gasteiger partial charge in [0.05, 0.1) is 6.10 Å². The number of pyridine rings is 1. The Hall–Kier alpha value is -2.34. The molecule has 6 heteroatoms. The van der Waals surface area contributed by atoms with Crippen molar-refractivity contribution in [3.05, 3.63) is 52.8 Å². The summed E-state index contributed by atoms with van der Waals surface area (Å²) in [6.07, 6.45) is 6.76. The maximum absolute atomic E-state index is 12.2. The summed E-state index contributed by atoms with van der Waals surface area (Å²) in [6, 6.07) is 7.94. The average molecular weight is 372 g/mol. The van der Waals surface area contributed by atoms with E-state index in [1.54, 1.807) is 24.1 Å². The molecule has 1 fully saturated rings. The van der Waals surface area contributed by atoms with Gasteiger partial charge in [-0.25, -0.2) is 0 Å². The molecule has 1 aliphatic rings. The van der Waals surface area contributed by atoms with Gasteiger partial charge in [-0.2, -0.15) is 0 Å². The highest BCUT2D eigenvalue weighted by atomic mass is 32.2. The summed E-state index contributed by atoms with van der Waals surface area (Å²) < 4.78 is 11.1. The minimum Gasteiger partial charge on any atom is -0.490 e. The largest absolute Gasteiger partial charge is 0.490 e. The zero-order valence-corrected chi connectivity index (χ0v) is 16.1. The maximum Gasteiger partial charge on any atom is 0.273 e. The minimum atomic E-state index is -0.0500. The van der Waals surface area contributed by atoms with Crippen LogP contribution in [0, 0.1) is 0 Å². The molecule has 0 spiro atoms. The molecular weight excluding hydrogens is 346 g/mol. The molecule has 0 amide bonds. The smallest absolute Gasteiger partial charge is 0.273 e. The monoisotopic (exact) mass is 371 g/mol. The number of nitrogens with one attached hydrogen (secondary N) is 2. The minimum absolute atomic E-state index is 0.0500. The van der Waals surface area contributed by atoms with Crippen molar-refractivity contribution >= 4 is 23.3 Å². The van der Waals surface area contributed by atoms with E-state index < -0.39 is 0 Å². The number of hydrogen-bond acceptors (Lipinski definition) is 5. The number of nitrogens with zero attached hydrogens (tertiary/aromatic N) is 1. The molecule has 138 valence electrons. The van der Waals surface area contributed by atoms with Gasteiger partial charge >= 0.3 is 0 Å². The molecule has 5 nitrogen and oxygen atoms in total. The number of aromatic nitrogens is 1. The second kappa shape index (κ2) is 8.36. The number of aryl methyl sites for hydroxylation is 1. The maximum atomic E-state index is 12.2. The van der Waals surface area contributed by atoms with E-state index in [0.29, 0.717) is 5.69 Å². The summed E-state index contributed by atoms with van der Waals surface area (Å²) in [5.41, 5.74) is 3.39. The highest BCUT2D eigenvalue weighted by molar-refractivity contribution is 8.03. The quantitative estimate of drug-likeness (QED) is 0.696. The Kier molecular flexibility index (Phi) is 5.93. The summed E-state index contributed by atoms with van der Waals surface area (Å²) in [5.74, 6) is 0.853. The van der Waals surface area contributed by atoms with Crippen LogP contribution in [-0.4, -0.2) is 17.7 Å². The molecule has 0 bridgehead atoms.